The number of carbonyl (C=O) groups is 1. The van der Waals surface area contributed by atoms with E-state index >= 15 is 0 Å². The third-order valence-electron chi connectivity index (χ3n) is 4.32. The Bertz CT molecular complexity index is 678. The molecule has 1 fully saturated rings. The van der Waals surface area contributed by atoms with Crippen molar-refractivity contribution in [1.82, 2.24) is 9.88 Å². The van der Waals surface area contributed by atoms with Crippen molar-refractivity contribution < 1.29 is 9.90 Å². The summed E-state index contributed by atoms with van der Waals surface area (Å²) in [6.07, 6.45) is 2.32. The minimum Gasteiger partial charge on any atom is -0.477 e. The number of carboxylic acid groups (broad SMARTS) is 1. The number of rotatable bonds is 5. The highest BCUT2D eigenvalue weighted by Gasteiger charge is 2.25. The van der Waals surface area contributed by atoms with Gasteiger partial charge in [0.05, 0.1) is 10.7 Å². The lowest BCUT2D eigenvalue weighted by molar-refractivity contribution is 0.0699. The lowest BCUT2D eigenvalue weighted by atomic mass is 9.98. The third-order valence-corrected chi connectivity index (χ3v) is 6.29. The molecule has 0 radical (unpaired) electrons. The average Bonchev–Trinajstić information content (AvgIpc) is 3.16. The van der Waals surface area contributed by atoms with Gasteiger partial charge in [-0.05, 0) is 42.3 Å². The molecule has 0 saturated carbocycles. The van der Waals surface area contributed by atoms with Gasteiger partial charge in [-0.3, -0.25) is 4.90 Å². The Morgan fingerprint density at radius 1 is 1.48 bits per heavy atom. The van der Waals surface area contributed by atoms with Crippen molar-refractivity contribution in [2.45, 2.75) is 45.1 Å². The zero-order chi connectivity index (χ0) is 16.4. The van der Waals surface area contributed by atoms with Gasteiger partial charge in [0.15, 0.2) is 0 Å². The first-order valence-corrected chi connectivity index (χ1v) is 9.78. The highest BCUT2D eigenvalue weighted by molar-refractivity contribution is 7.12. The summed E-state index contributed by atoms with van der Waals surface area (Å²) >= 11 is 3.09. The van der Waals surface area contributed by atoms with E-state index in [0.29, 0.717) is 16.7 Å². The predicted octanol–water partition coefficient (Wildman–Crippen LogP) is 4.41. The molecule has 3 rings (SSSR count). The van der Waals surface area contributed by atoms with Gasteiger partial charge in [0.25, 0.3) is 0 Å². The second kappa shape index (κ2) is 7.11. The summed E-state index contributed by atoms with van der Waals surface area (Å²) in [5.41, 5.74) is 2.12. The number of nitrogens with zero attached hydrogens (tertiary/aromatic N) is 2. The Kier molecular flexibility index (Phi) is 5.14. The van der Waals surface area contributed by atoms with Crippen LogP contribution in [0.2, 0.25) is 0 Å². The molecule has 0 amide bonds. The highest BCUT2D eigenvalue weighted by atomic mass is 32.1. The summed E-state index contributed by atoms with van der Waals surface area (Å²) in [7, 11) is 0. The molecule has 2 aromatic heterocycles. The Labute approximate surface area is 144 Å². The monoisotopic (exact) mass is 350 g/mol. The first kappa shape index (κ1) is 16.6. The van der Waals surface area contributed by atoms with Crippen molar-refractivity contribution in [3.63, 3.8) is 0 Å². The molecule has 1 atom stereocenters. The summed E-state index contributed by atoms with van der Waals surface area (Å²) in [6, 6.07) is 1.94. The van der Waals surface area contributed by atoms with Gasteiger partial charge in [-0.15, -0.1) is 22.7 Å². The van der Waals surface area contributed by atoms with Crippen LogP contribution in [0.1, 0.15) is 64.5 Å². The molecule has 1 N–H and O–H groups in total. The number of aromatic nitrogens is 1. The predicted molar refractivity (Wildman–Crippen MR) is 94.7 cm³/mol. The molecule has 1 saturated heterocycles. The number of aromatic carboxylic acids is 1. The van der Waals surface area contributed by atoms with Gasteiger partial charge >= 0.3 is 5.97 Å². The maximum absolute atomic E-state index is 11.3. The fourth-order valence-electron chi connectivity index (χ4n) is 3.04. The standard InChI is InChI=1S/C17H22N2O2S2/c1-11(2)14-10-23-16(18-14)13-4-3-6-19(9-13)8-12-5-7-22-15(12)17(20)21/h5,7,10-11,13H,3-4,6,8-9H2,1-2H3,(H,20,21). The zero-order valence-corrected chi connectivity index (χ0v) is 15.1. The molecule has 1 unspecified atom stereocenters. The number of thiophene rings is 1. The molecule has 4 nitrogen and oxygen atoms in total. The van der Waals surface area contributed by atoms with Crippen molar-refractivity contribution >= 4 is 28.6 Å². The quantitative estimate of drug-likeness (QED) is 0.868. The average molecular weight is 351 g/mol. The number of thiazole rings is 1. The fourth-order valence-corrected chi connectivity index (χ4v) is 4.91. The topological polar surface area (TPSA) is 53.4 Å². The van der Waals surface area contributed by atoms with Crippen LogP contribution < -0.4 is 0 Å². The summed E-state index contributed by atoms with van der Waals surface area (Å²) in [5.74, 6) is 0.141. The van der Waals surface area contributed by atoms with Crippen LogP contribution >= 0.6 is 22.7 Å². The molecule has 1 aliphatic heterocycles. The molecule has 1 aliphatic rings. The minimum atomic E-state index is -0.815. The van der Waals surface area contributed by atoms with E-state index in [2.05, 4.69) is 24.1 Å². The molecule has 2 aromatic rings. The maximum atomic E-state index is 11.3. The largest absolute Gasteiger partial charge is 0.477 e. The normalized spacial score (nSPS) is 19.3. The molecular weight excluding hydrogens is 328 g/mol. The van der Waals surface area contributed by atoms with Crippen LogP contribution in [0.3, 0.4) is 0 Å². The van der Waals surface area contributed by atoms with E-state index < -0.39 is 5.97 Å². The zero-order valence-electron chi connectivity index (χ0n) is 13.5. The van der Waals surface area contributed by atoms with Gasteiger partial charge in [0.1, 0.15) is 4.88 Å². The van der Waals surface area contributed by atoms with Crippen LogP contribution in [0.25, 0.3) is 0 Å². The van der Waals surface area contributed by atoms with Gasteiger partial charge in [0.2, 0.25) is 0 Å². The maximum Gasteiger partial charge on any atom is 0.346 e. The van der Waals surface area contributed by atoms with Crippen LogP contribution in [0.4, 0.5) is 0 Å². The molecule has 23 heavy (non-hydrogen) atoms. The number of carboxylic acids is 1. The SMILES string of the molecule is CC(C)c1csc(C2CCCN(Cc3ccsc3C(=O)O)C2)n1. The lowest BCUT2D eigenvalue weighted by Crippen LogP contribution is -2.34. The van der Waals surface area contributed by atoms with Crippen LogP contribution in [0, 0.1) is 0 Å². The second-order valence-corrected chi connectivity index (χ2v) is 8.23. The molecule has 0 spiro atoms. The van der Waals surface area contributed by atoms with Gasteiger partial charge in [-0.2, -0.15) is 0 Å². The van der Waals surface area contributed by atoms with Crippen LogP contribution in [-0.2, 0) is 6.54 Å². The second-order valence-electron chi connectivity index (χ2n) is 6.42. The van der Waals surface area contributed by atoms with E-state index in [9.17, 15) is 9.90 Å². The highest BCUT2D eigenvalue weighted by Crippen LogP contribution is 2.32. The van der Waals surface area contributed by atoms with Crippen molar-refractivity contribution in [3.8, 4) is 0 Å². The van der Waals surface area contributed by atoms with E-state index in [1.807, 2.05) is 11.4 Å². The van der Waals surface area contributed by atoms with Gasteiger partial charge in [0, 0.05) is 24.4 Å². The van der Waals surface area contributed by atoms with Crippen molar-refractivity contribution in [3.05, 3.63) is 38.0 Å². The lowest BCUT2D eigenvalue weighted by Gasteiger charge is -2.31. The van der Waals surface area contributed by atoms with Gasteiger partial charge in [-0.1, -0.05) is 13.8 Å². The molecule has 6 heteroatoms. The molecular formula is C17H22N2O2S2. The number of hydrogen-bond acceptors (Lipinski definition) is 5. The Morgan fingerprint density at radius 2 is 2.30 bits per heavy atom. The van der Waals surface area contributed by atoms with Crippen molar-refractivity contribution in [1.29, 1.82) is 0 Å². The van der Waals surface area contributed by atoms with Crippen molar-refractivity contribution in [2.24, 2.45) is 0 Å². The van der Waals surface area contributed by atoms with Crippen LogP contribution in [0.5, 0.6) is 0 Å². The third kappa shape index (κ3) is 3.82. The summed E-state index contributed by atoms with van der Waals surface area (Å²) in [4.78, 5) is 18.9. The summed E-state index contributed by atoms with van der Waals surface area (Å²) in [5, 5.41) is 14.5. The summed E-state index contributed by atoms with van der Waals surface area (Å²) < 4.78 is 0. The Morgan fingerprint density at radius 3 is 3.00 bits per heavy atom. The number of hydrogen-bond donors (Lipinski definition) is 1. The van der Waals surface area contributed by atoms with Crippen LogP contribution in [0.15, 0.2) is 16.8 Å². The molecule has 0 aromatic carbocycles. The minimum absolute atomic E-state index is 0.475. The molecule has 3 heterocycles. The van der Waals surface area contributed by atoms with E-state index in [1.165, 1.54) is 28.5 Å². The fraction of sp³-hybridized carbons (Fsp3) is 0.529. The smallest absolute Gasteiger partial charge is 0.346 e. The Hall–Kier alpha value is -1.24. The molecule has 0 bridgehead atoms. The molecule has 124 valence electrons. The number of piperidine rings is 1. The van der Waals surface area contributed by atoms with E-state index in [1.54, 1.807) is 11.3 Å². The number of likely N-dealkylation sites (tertiary alicyclic amines) is 1. The Balaban J connectivity index is 1.68. The molecule has 0 aliphatic carbocycles. The van der Waals surface area contributed by atoms with Crippen LogP contribution in [-0.4, -0.2) is 34.0 Å². The van der Waals surface area contributed by atoms with E-state index in [0.717, 1.165) is 31.6 Å². The van der Waals surface area contributed by atoms with E-state index in [-0.39, 0.29) is 0 Å². The van der Waals surface area contributed by atoms with Crippen molar-refractivity contribution in [2.75, 3.05) is 13.1 Å². The first-order valence-electron chi connectivity index (χ1n) is 8.02. The summed E-state index contributed by atoms with van der Waals surface area (Å²) in [6.45, 7) is 7.09. The van der Waals surface area contributed by atoms with Gasteiger partial charge < -0.3 is 5.11 Å². The van der Waals surface area contributed by atoms with E-state index in [4.69, 9.17) is 4.98 Å². The first-order chi connectivity index (χ1) is 11.0. The van der Waals surface area contributed by atoms with Gasteiger partial charge in [-0.25, -0.2) is 9.78 Å².